The first-order chi connectivity index (χ1) is 12.4. The van der Waals surface area contributed by atoms with Gasteiger partial charge in [-0.3, -0.25) is 0 Å². The lowest BCUT2D eigenvalue weighted by molar-refractivity contribution is -0.274. The van der Waals surface area contributed by atoms with Crippen molar-refractivity contribution in [2.45, 2.75) is 36.7 Å². The molecule has 0 unspecified atom stereocenters. The summed E-state index contributed by atoms with van der Waals surface area (Å²) in [6, 6.07) is 3.78. The molecule has 0 aliphatic carbocycles. The van der Waals surface area contributed by atoms with Crippen molar-refractivity contribution in [1.29, 1.82) is 0 Å². The smallest absolute Gasteiger partial charge is 0.406 e. The third-order valence-corrected chi connectivity index (χ3v) is 5.88. The molecule has 1 aromatic heterocycles. The van der Waals surface area contributed by atoms with Gasteiger partial charge in [-0.25, -0.2) is 13.1 Å². The fraction of sp³-hybridized carbons (Fsp3) is 0.467. The number of benzene rings is 1. The van der Waals surface area contributed by atoms with Crippen LogP contribution in [0.15, 0.2) is 35.4 Å². The Morgan fingerprint density at radius 3 is 2.26 bits per heavy atom. The highest BCUT2D eigenvalue weighted by Gasteiger charge is 2.39. The first-order valence-corrected chi connectivity index (χ1v) is 9.31. The van der Waals surface area contributed by atoms with Gasteiger partial charge in [0.15, 0.2) is 0 Å². The van der Waals surface area contributed by atoms with E-state index in [4.69, 9.17) is 0 Å². The van der Waals surface area contributed by atoms with Gasteiger partial charge in [0.1, 0.15) is 17.0 Å². The molecule has 0 amide bonds. The van der Waals surface area contributed by atoms with Gasteiger partial charge in [0, 0.05) is 13.1 Å². The molecular weight excluding hydrogens is 389 g/mol. The van der Waals surface area contributed by atoms with Crippen LogP contribution in [0.3, 0.4) is 0 Å². The van der Waals surface area contributed by atoms with Crippen LogP contribution in [0.25, 0.3) is 0 Å². The van der Waals surface area contributed by atoms with Crippen molar-refractivity contribution in [2.75, 3.05) is 13.1 Å². The monoisotopic (exact) mass is 406 g/mol. The van der Waals surface area contributed by atoms with Gasteiger partial charge in [-0.1, -0.05) is 5.21 Å². The Balaban J connectivity index is 1.67. The predicted molar refractivity (Wildman–Crippen MR) is 86.2 cm³/mol. The summed E-state index contributed by atoms with van der Waals surface area (Å²) >= 11 is 0. The van der Waals surface area contributed by atoms with Crippen LogP contribution in [0.4, 0.5) is 13.2 Å². The summed E-state index contributed by atoms with van der Waals surface area (Å²) in [4.78, 5) is -0.133. The Hall–Kier alpha value is -2.18. The SMILES string of the molecule is CC(C)(O)c1cn(C2CN(S(=O)(=O)c3ccc(OC(F)(F)F)cc3)C2)nn1. The number of hydrogen-bond acceptors (Lipinski definition) is 6. The normalized spacial score (nSPS) is 17.0. The van der Waals surface area contributed by atoms with Crippen molar-refractivity contribution in [1.82, 2.24) is 19.3 Å². The van der Waals surface area contributed by atoms with E-state index in [0.29, 0.717) is 5.69 Å². The summed E-state index contributed by atoms with van der Waals surface area (Å²) < 4.78 is 68.0. The van der Waals surface area contributed by atoms with Crippen LogP contribution in [0.1, 0.15) is 25.6 Å². The lowest BCUT2D eigenvalue weighted by atomic mass is 10.1. The fourth-order valence-corrected chi connectivity index (χ4v) is 3.99. The van der Waals surface area contributed by atoms with Crippen molar-refractivity contribution >= 4 is 10.0 Å². The predicted octanol–water partition coefficient (Wildman–Crippen LogP) is 1.65. The summed E-state index contributed by atoms with van der Waals surface area (Å²) in [5.41, 5.74) is -0.794. The van der Waals surface area contributed by atoms with E-state index in [9.17, 15) is 26.7 Å². The largest absolute Gasteiger partial charge is 0.573 e. The number of halogens is 3. The topological polar surface area (TPSA) is 97.5 Å². The zero-order valence-electron chi connectivity index (χ0n) is 14.4. The average Bonchev–Trinajstić information content (AvgIpc) is 2.93. The van der Waals surface area contributed by atoms with Crippen LogP contribution in [-0.4, -0.2) is 52.3 Å². The van der Waals surface area contributed by atoms with Crippen molar-refractivity contribution in [3.8, 4) is 5.75 Å². The van der Waals surface area contributed by atoms with E-state index < -0.39 is 27.7 Å². The van der Waals surface area contributed by atoms with E-state index in [0.717, 1.165) is 24.3 Å². The van der Waals surface area contributed by atoms with E-state index in [-0.39, 0.29) is 24.0 Å². The van der Waals surface area contributed by atoms with Crippen LogP contribution in [0.2, 0.25) is 0 Å². The number of aromatic nitrogens is 3. The number of ether oxygens (including phenoxy) is 1. The quantitative estimate of drug-likeness (QED) is 0.811. The first kappa shape index (κ1) is 19.6. The lowest BCUT2D eigenvalue weighted by Crippen LogP contribution is -2.50. The lowest BCUT2D eigenvalue weighted by Gasteiger charge is -2.37. The molecule has 1 N–H and O–H groups in total. The number of hydrogen-bond donors (Lipinski definition) is 1. The standard InChI is InChI=1S/C15H17F3N4O4S/c1-14(2,23)13-9-22(20-19-13)10-7-21(8-10)27(24,25)12-5-3-11(4-6-12)26-15(16,17)18/h3-6,9-10,23H,7-8H2,1-2H3. The number of nitrogens with zero attached hydrogens (tertiary/aromatic N) is 4. The van der Waals surface area contributed by atoms with Crippen LogP contribution < -0.4 is 4.74 Å². The Bertz CT molecular complexity index is 914. The highest BCUT2D eigenvalue weighted by atomic mass is 32.2. The molecule has 1 saturated heterocycles. The molecule has 1 aliphatic rings. The Morgan fingerprint density at radius 1 is 1.19 bits per heavy atom. The molecule has 0 bridgehead atoms. The van der Waals surface area contributed by atoms with Gasteiger partial charge in [0.05, 0.1) is 17.1 Å². The summed E-state index contributed by atoms with van der Waals surface area (Å²) in [7, 11) is -3.84. The molecule has 8 nitrogen and oxygen atoms in total. The van der Waals surface area contributed by atoms with Crippen LogP contribution >= 0.6 is 0 Å². The van der Waals surface area contributed by atoms with E-state index in [2.05, 4.69) is 15.0 Å². The molecule has 3 rings (SSSR count). The maximum atomic E-state index is 12.5. The third-order valence-electron chi connectivity index (χ3n) is 4.04. The van der Waals surface area contributed by atoms with Crippen molar-refractivity contribution in [3.63, 3.8) is 0 Å². The molecule has 2 heterocycles. The minimum atomic E-state index is -4.84. The highest BCUT2D eigenvalue weighted by molar-refractivity contribution is 7.89. The zero-order chi connectivity index (χ0) is 20.0. The maximum Gasteiger partial charge on any atom is 0.573 e. The fourth-order valence-electron chi connectivity index (χ4n) is 2.48. The molecule has 1 aromatic carbocycles. The van der Waals surface area contributed by atoms with Gasteiger partial charge in [0.25, 0.3) is 0 Å². The van der Waals surface area contributed by atoms with E-state index in [1.165, 1.54) is 8.99 Å². The zero-order valence-corrected chi connectivity index (χ0v) is 15.2. The first-order valence-electron chi connectivity index (χ1n) is 7.87. The van der Waals surface area contributed by atoms with Crippen molar-refractivity contribution < 1.29 is 31.4 Å². The average molecular weight is 406 g/mol. The van der Waals surface area contributed by atoms with Gasteiger partial charge < -0.3 is 9.84 Å². The van der Waals surface area contributed by atoms with E-state index in [1.54, 1.807) is 20.0 Å². The number of sulfonamides is 1. The second-order valence-electron chi connectivity index (χ2n) is 6.64. The molecule has 0 spiro atoms. The molecule has 1 fully saturated rings. The van der Waals surface area contributed by atoms with Crippen LogP contribution in [0, 0.1) is 0 Å². The molecule has 12 heteroatoms. The van der Waals surface area contributed by atoms with Gasteiger partial charge >= 0.3 is 6.36 Å². The van der Waals surface area contributed by atoms with E-state index in [1.807, 2.05) is 0 Å². The van der Waals surface area contributed by atoms with Crippen LogP contribution in [-0.2, 0) is 15.6 Å². The summed E-state index contributed by atoms with van der Waals surface area (Å²) in [6.07, 6.45) is -3.29. The van der Waals surface area contributed by atoms with E-state index >= 15 is 0 Å². The summed E-state index contributed by atoms with van der Waals surface area (Å²) in [6.45, 7) is 3.39. The number of rotatable bonds is 5. The molecule has 148 valence electrons. The van der Waals surface area contributed by atoms with Gasteiger partial charge in [-0.2, -0.15) is 4.31 Å². The van der Waals surface area contributed by atoms with Gasteiger partial charge in [-0.05, 0) is 38.1 Å². The molecule has 0 atom stereocenters. The molecule has 2 aromatic rings. The number of aliphatic hydroxyl groups is 1. The second-order valence-corrected chi connectivity index (χ2v) is 8.58. The molecule has 0 saturated carbocycles. The number of alkyl halides is 3. The molecular formula is C15H17F3N4O4S. The van der Waals surface area contributed by atoms with Gasteiger partial charge in [-0.15, -0.1) is 18.3 Å². The minimum Gasteiger partial charge on any atom is -0.406 e. The van der Waals surface area contributed by atoms with Crippen LogP contribution in [0.5, 0.6) is 5.75 Å². The Morgan fingerprint density at radius 2 is 1.78 bits per heavy atom. The summed E-state index contributed by atoms with van der Waals surface area (Å²) in [5.74, 6) is -0.496. The summed E-state index contributed by atoms with van der Waals surface area (Å²) in [5, 5.41) is 17.7. The van der Waals surface area contributed by atoms with Gasteiger partial charge in [0.2, 0.25) is 10.0 Å². The highest BCUT2D eigenvalue weighted by Crippen LogP contribution is 2.30. The minimum absolute atomic E-state index is 0.133. The van der Waals surface area contributed by atoms with Crippen molar-refractivity contribution in [2.24, 2.45) is 0 Å². The van der Waals surface area contributed by atoms with Crippen molar-refractivity contribution in [3.05, 3.63) is 36.2 Å². The molecule has 27 heavy (non-hydrogen) atoms. The maximum absolute atomic E-state index is 12.5. The molecule has 1 aliphatic heterocycles. The molecule has 0 radical (unpaired) electrons. The second kappa shape index (κ2) is 6.46. The Kier molecular flexibility index (Phi) is 4.68. The third kappa shape index (κ3) is 4.22. The Labute approximate surface area is 153 Å².